The molecule has 1 amide bonds. The second-order valence-electron chi connectivity index (χ2n) is 8.23. The number of hydrogen-bond donors (Lipinski definition) is 1. The number of amides is 1. The number of halogens is 2. The van der Waals surface area contributed by atoms with Gasteiger partial charge in [-0.05, 0) is 58.3 Å². The van der Waals surface area contributed by atoms with Crippen LogP contribution in [0.1, 0.15) is 17.7 Å². The van der Waals surface area contributed by atoms with Crippen LogP contribution in [-0.2, 0) is 4.79 Å². The van der Waals surface area contributed by atoms with Crippen LogP contribution < -0.4 is 5.32 Å². The number of nitrogens with zero attached hydrogens (tertiary/aromatic N) is 4. The Kier molecular flexibility index (Phi) is 6.99. The zero-order valence-corrected chi connectivity index (χ0v) is 21.5. The molecule has 1 saturated heterocycles. The quantitative estimate of drug-likeness (QED) is 0.286. The maximum absolute atomic E-state index is 12.5. The van der Waals surface area contributed by atoms with Crippen LogP contribution in [-0.4, -0.2) is 45.0 Å². The van der Waals surface area contributed by atoms with Crippen molar-refractivity contribution in [3.63, 3.8) is 0 Å². The molecule has 174 valence electrons. The molecule has 1 aliphatic heterocycles. The largest absolute Gasteiger partial charge is 0.370 e. The van der Waals surface area contributed by atoms with Crippen molar-refractivity contribution in [2.75, 3.05) is 25.0 Å². The minimum Gasteiger partial charge on any atom is -0.370 e. The van der Waals surface area contributed by atoms with Crippen molar-refractivity contribution in [3.8, 4) is 11.3 Å². The summed E-state index contributed by atoms with van der Waals surface area (Å²) in [7, 11) is 0. The summed E-state index contributed by atoms with van der Waals surface area (Å²) >= 11 is 11.6. The fraction of sp³-hybridized carbons (Fsp3) is 0.240. The van der Waals surface area contributed by atoms with Crippen LogP contribution in [0.2, 0.25) is 5.02 Å². The molecule has 0 aliphatic carbocycles. The summed E-state index contributed by atoms with van der Waals surface area (Å²) < 4.78 is 2.63. The Balaban J connectivity index is 1.25. The number of likely N-dealkylation sites (tertiary alicyclic amines) is 1. The predicted molar refractivity (Wildman–Crippen MR) is 142 cm³/mol. The highest BCUT2D eigenvalue weighted by Crippen LogP contribution is 2.30. The molecule has 0 radical (unpaired) electrons. The van der Waals surface area contributed by atoms with E-state index in [-0.39, 0.29) is 5.91 Å². The SMILES string of the molecule is O=C(C=Cc1cccs1)N1CCC(CNc2cc(-c3ccccc3Cl)nc3c(Br)cnn23)CC1. The van der Waals surface area contributed by atoms with E-state index in [9.17, 15) is 4.79 Å². The molecule has 1 aliphatic rings. The summed E-state index contributed by atoms with van der Waals surface area (Å²) in [6.45, 7) is 2.33. The molecule has 9 heteroatoms. The number of fused-ring (bicyclic) bond motifs is 1. The lowest BCUT2D eigenvalue weighted by atomic mass is 9.96. The smallest absolute Gasteiger partial charge is 0.246 e. The van der Waals surface area contributed by atoms with Gasteiger partial charge < -0.3 is 10.2 Å². The van der Waals surface area contributed by atoms with E-state index in [0.29, 0.717) is 10.9 Å². The van der Waals surface area contributed by atoms with Crippen LogP contribution >= 0.6 is 38.9 Å². The number of thiophene rings is 1. The average molecular weight is 557 g/mol. The molecule has 3 aromatic heterocycles. The summed E-state index contributed by atoms with van der Waals surface area (Å²) in [5.74, 6) is 1.42. The molecule has 34 heavy (non-hydrogen) atoms. The zero-order valence-electron chi connectivity index (χ0n) is 18.3. The van der Waals surface area contributed by atoms with E-state index in [1.165, 1.54) is 0 Å². The van der Waals surface area contributed by atoms with Gasteiger partial charge in [-0.15, -0.1) is 11.3 Å². The minimum absolute atomic E-state index is 0.0847. The van der Waals surface area contributed by atoms with E-state index >= 15 is 0 Å². The Bertz CT molecular complexity index is 1330. The first-order valence-corrected chi connectivity index (χ1v) is 13.2. The standard InChI is InChI=1S/C25H23BrClN5OS/c26-20-16-29-32-23(14-22(30-25(20)32)19-5-1-2-6-21(19)27)28-15-17-9-11-31(12-10-17)24(33)8-7-18-4-3-13-34-18/h1-8,13-14,16-17,28H,9-12,15H2. The minimum atomic E-state index is 0.0847. The van der Waals surface area contributed by atoms with Gasteiger partial charge in [0.2, 0.25) is 5.91 Å². The molecular formula is C25H23BrClN5OS. The summed E-state index contributed by atoms with van der Waals surface area (Å²) in [6, 6.07) is 13.7. The van der Waals surface area contributed by atoms with Crippen molar-refractivity contribution in [2.45, 2.75) is 12.8 Å². The van der Waals surface area contributed by atoms with Gasteiger partial charge in [-0.25, -0.2) is 4.98 Å². The maximum atomic E-state index is 12.5. The molecule has 0 bridgehead atoms. The Hall–Kier alpha value is -2.68. The molecule has 4 aromatic rings. The molecule has 1 N–H and O–H groups in total. The van der Waals surface area contributed by atoms with Gasteiger partial charge in [-0.3, -0.25) is 4.79 Å². The first-order chi connectivity index (χ1) is 16.6. The van der Waals surface area contributed by atoms with Crippen LogP contribution in [0.3, 0.4) is 0 Å². The molecular weight excluding hydrogens is 534 g/mol. The number of aromatic nitrogens is 3. The highest BCUT2D eigenvalue weighted by Gasteiger charge is 2.22. The van der Waals surface area contributed by atoms with Gasteiger partial charge in [-0.1, -0.05) is 35.9 Å². The zero-order chi connectivity index (χ0) is 23.5. The second kappa shape index (κ2) is 10.3. The molecule has 0 atom stereocenters. The van der Waals surface area contributed by atoms with Crippen LogP contribution in [0, 0.1) is 5.92 Å². The number of nitrogens with one attached hydrogen (secondary N) is 1. The van der Waals surface area contributed by atoms with Gasteiger partial charge >= 0.3 is 0 Å². The number of piperidine rings is 1. The van der Waals surface area contributed by atoms with Gasteiger partial charge in [0.15, 0.2) is 5.65 Å². The number of carbonyl (C=O) groups excluding carboxylic acids is 1. The average Bonchev–Trinajstić information content (AvgIpc) is 3.52. The molecule has 1 aromatic carbocycles. The Morgan fingerprint density at radius 3 is 2.82 bits per heavy atom. The number of rotatable bonds is 6. The second-order valence-corrected chi connectivity index (χ2v) is 10.5. The van der Waals surface area contributed by atoms with E-state index in [0.717, 1.165) is 64.5 Å². The first kappa shape index (κ1) is 23.1. The van der Waals surface area contributed by atoms with Gasteiger partial charge in [0, 0.05) is 47.2 Å². The van der Waals surface area contributed by atoms with Gasteiger partial charge in [0.05, 0.1) is 16.4 Å². The van der Waals surface area contributed by atoms with E-state index in [4.69, 9.17) is 16.6 Å². The number of hydrogen-bond acceptors (Lipinski definition) is 5. The summed E-state index contributed by atoms with van der Waals surface area (Å²) in [6.07, 6.45) is 7.25. The van der Waals surface area contributed by atoms with Crippen molar-refractivity contribution in [1.29, 1.82) is 0 Å². The monoisotopic (exact) mass is 555 g/mol. The van der Waals surface area contributed by atoms with Crippen LogP contribution in [0.5, 0.6) is 0 Å². The van der Waals surface area contributed by atoms with E-state index in [1.807, 2.05) is 58.8 Å². The molecule has 0 spiro atoms. The topological polar surface area (TPSA) is 62.5 Å². The fourth-order valence-corrected chi connectivity index (χ4v) is 5.32. The summed E-state index contributed by atoms with van der Waals surface area (Å²) in [4.78, 5) is 20.3. The van der Waals surface area contributed by atoms with Gasteiger partial charge in [-0.2, -0.15) is 9.61 Å². The van der Waals surface area contributed by atoms with Crippen molar-refractivity contribution in [3.05, 3.63) is 74.5 Å². The number of anilines is 1. The molecule has 5 rings (SSSR count). The highest BCUT2D eigenvalue weighted by molar-refractivity contribution is 9.10. The Morgan fingerprint density at radius 2 is 2.06 bits per heavy atom. The lowest BCUT2D eigenvalue weighted by Crippen LogP contribution is -2.39. The lowest BCUT2D eigenvalue weighted by Gasteiger charge is -2.31. The molecule has 6 nitrogen and oxygen atoms in total. The maximum Gasteiger partial charge on any atom is 0.246 e. The normalized spacial score (nSPS) is 14.8. The molecule has 1 fully saturated rings. The number of carbonyl (C=O) groups is 1. The molecule has 4 heterocycles. The van der Waals surface area contributed by atoms with E-state index in [2.05, 4.69) is 26.3 Å². The van der Waals surface area contributed by atoms with Gasteiger partial charge in [0.25, 0.3) is 0 Å². The fourth-order valence-electron chi connectivity index (χ4n) is 4.12. The molecule has 0 unspecified atom stereocenters. The van der Waals surface area contributed by atoms with Crippen molar-refractivity contribution >= 4 is 62.3 Å². The Morgan fingerprint density at radius 1 is 1.24 bits per heavy atom. The third-order valence-electron chi connectivity index (χ3n) is 6.01. The van der Waals surface area contributed by atoms with Crippen molar-refractivity contribution in [1.82, 2.24) is 19.5 Å². The van der Waals surface area contributed by atoms with Crippen LogP contribution in [0.15, 0.2) is 64.6 Å². The Labute approximate surface area is 215 Å². The third kappa shape index (κ3) is 5.04. The van der Waals surface area contributed by atoms with Crippen LogP contribution in [0.4, 0.5) is 5.82 Å². The highest BCUT2D eigenvalue weighted by atomic mass is 79.9. The third-order valence-corrected chi connectivity index (χ3v) is 7.74. The van der Waals surface area contributed by atoms with Crippen LogP contribution in [0.25, 0.3) is 23.0 Å². The summed E-state index contributed by atoms with van der Waals surface area (Å²) in [5.41, 5.74) is 2.41. The number of benzene rings is 1. The predicted octanol–water partition coefficient (Wildman–Crippen LogP) is 6.24. The van der Waals surface area contributed by atoms with E-state index in [1.54, 1.807) is 28.1 Å². The summed E-state index contributed by atoms with van der Waals surface area (Å²) in [5, 5.41) is 10.7. The first-order valence-electron chi connectivity index (χ1n) is 11.1. The molecule has 0 saturated carbocycles. The van der Waals surface area contributed by atoms with Gasteiger partial charge in [0.1, 0.15) is 5.82 Å². The van der Waals surface area contributed by atoms with E-state index < -0.39 is 0 Å². The van der Waals surface area contributed by atoms with Crippen molar-refractivity contribution < 1.29 is 4.79 Å². The van der Waals surface area contributed by atoms with Crippen molar-refractivity contribution in [2.24, 2.45) is 5.92 Å². The lowest BCUT2D eigenvalue weighted by molar-refractivity contribution is -0.127.